The molecule has 0 amide bonds. The van der Waals surface area contributed by atoms with Crippen molar-refractivity contribution in [2.75, 3.05) is 34.3 Å². The van der Waals surface area contributed by atoms with Gasteiger partial charge in [0.2, 0.25) is 0 Å². The van der Waals surface area contributed by atoms with E-state index in [0.717, 1.165) is 13.1 Å². The van der Waals surface area contributed by atoms with Crippen molar-refractivity contribution >= 4 is 0 Å². The van der Waals surface area contributed by atoms with Crippen molar-refractivity contribution in [3.63, 3.8) is 0 Å². The summed E-state index contributed by atoms with van der Waals surface area (Å²) in [6.45, 7) is 2.24. The molecule has 0 aliphatic rings. The standard InChI is InChI=1S/C12H19FN2O/c1-15(2)8-7-14-9-10-11(13)5-4-6-12(10)16-3/h4-6,14H,7-9H2,1-3H3. The first-order chi connectivity index (χ1) is 7.65. The highest BCUT2D eigenvalue weighted by atomic mass is 19.1. The third-order valence-corrected chi connectivity index (χ3v) is 2.33. The van der Waals surface area contributed by atoms with Crippen molar-refractivity contribution in [2.24, 2.45) is 0 Å². The molecule has 0 atom stereocenters. The quantitative estimate of drug-likeness (QED) is 0.744. The van der Waals surface area contributed by atoms with Gasteiger partial charge in [-0.3, -0.25) is 0 Å². The van der Waals surface area contributed by atoms with Gasteiger partial charge in [-0.05, 0) is 26.2 Å². The van der Waals surface area contributed by atoms with Gasteiger partial charge in [0.05, 0.1) is 7.11 Å². The fraction of sp³-hybridized carbons (Fsp3) is 0.500. The molecular formula is C12H19FN2O. The summed E-state index contributed by atoms with van der Waals surface area (Å²) in [4.78, 5) is 2.07. The second-order valence-electron chi connectivity index (χ2n) is 3.90. The van der Waals surface area contributed by atoms with Gasteiger partial charge >= 0.3 is 0 Å². The Balaban J connectivity index is 2.52. The number of hydrogen-bond acceptors (Lipinski definition) is 3. The van der Waals surface area contributed by atoms with Crippen LogP contribution in [0, 0.1) is 5.82 Å². The molecule has 1 aromatic carbocycles. The molecule has 1 rings (SSSR count). The molecule has 0 aromatic heterocycles. The van der Waals surface area contributed by atoms with E-state index >= 15 is 0 Å². The van der Waals surface area contributed by atoms with E-state index in [-0.39, 0.29) is 5.82 Å². The lowest BCUT2D eigenvalue weighted by Gasteiger charge is -2.12. The molecule has 0 radical (unpaired) electrons. The molecule has 0 saturated heterocycles. The number of rotatable bonds is 6. The Morgan fingerprint density at radius 3 is 2.75 bits per heavy atom. The molecule has 4 heteroatoms. The second kappa shape index (κ2) is 6.45. The first kappa shape index (κ1) is 12.9. The lowest BCUT2D eigenvalue weighted by Crippen LogP contribution is -2.26. The fourth-order valence-corrected chi connectivity index (χ4v) is 1.42. The Morgan fingerprint density at radius 1 is 1.38 bits per heavy atom. The first-order valence-electron chi connectivity index (χ1n) is 5.32. The highest BCUT2D eigenvalue weighted by Gasteiger charge is 2.07. The summed E-state index contributed by atoms with van der Waals surface area (Å²) in [5.41, 5.74) is 0.587. The van der Waals surface area contributed by atoms with Crippen LogP contribution in [0.3, 0.4) is 0 Å². The summed E-state index contributed by atoms with van der Waals surface area (Å²) >= 11 is 0. The second-order valence-corrected chi connectivity index (χ2v) is 3.90. The van der Waals surface area contributed by atoms with Crippen LogP contribution in [0.5, 0.6) is 5.75 Å². The molecule has 0 aliphatic carbocycles. The van der Waals surface area contributed by atoms with Crippen molar-refractivity contribution in [1.29, 1.82) is 0 Å². The predicted octanol–water partition coefficient (Wildman–Crippen LogP) is 1.49. The number of halogens is 1. The van der Waals surface area contributed by atoms with E-state index < -0.39 is 0 Å². The number of nitrogens with one attached hydrogen (secondary N) is 1. The number of ether oxygens (including phenoxy) is 1. The zero-order valence-corrected chi connectivity index (χ0v) is 10.1. The molecule has 0 heterocycles. The van der Waals surface area contributed by atoms with Crippen LogP contribution in [0.2, 0.25) is 0 Å². The number of nitrogens with zero attached hydrogens (tertiary/aromatic N) is 1. The van der Waals surface area contributed by atoms with Crippen molar-refractivity contribution in [3.05, 3.63) is 29.6 Å². The Hall–Kier alpha value is -1.13. The van der Waals surface area contributed by atoms with Crippen LogP contribution in [0.15, 0.2) is 18.2 Å². The summed E-state index contributed by atoms with van der Waals surface area (Å²) < 4.78 is 18.6. The van der Waals surface area contributed by atoms with E-state index in [1.165, 1.54) is 6.07 Å². The topological polar surface area (TPSA) is 24.5 Å². The van der Waals surface area contributed by atoms with Gasteiger partial charge in [0.15, 0.2) is 0 Å². The van der Waals surface area contributed by atoms with Gasteiger partial charge in [-0.15, -0.1) is 0 Å². The van der Waals surface area contributed by atoms with Gasteiger partial charge in [0, 0.05) is 25.2 Å². The van der Waals surface area contributed by atoms with E-state index in [4.69, 9.17) is 4.74 Å². The Bertz CT molecular complexity index is 329. The smallest absolute Gasteiger partial charge is 0.131 e. The highest BCUT2D eigenvalue weighted by molar-refractivity contribution is 5.34. The maximum absolute atomic E-state index is 13.5. The fourth-order valence-electron chi connectivity index (χ4n) is 1.42. The summed E-state index contributed by atoms with van der Waals surface area (Å²) in [5, 5.41) is 3.19. The minimum Gasteiger partial charge on any atom is -0.496 e. The number of methoxy groups -OCH3 is 1. The predicted molar refractivity (Wildman–Crippen MR) is 63.2 cm³/mol. The van der Waals surface area contributed by atoms with E-state index in [0.29, 0.717) is 17.9 Å². The Morgan fingerprint density at radius 2 is 2.12 bits per heavy atom. The van der Waals surface area contributed by atoms with Crippen LogP contribution >= 0.6 is 0 Å². The number of hydrogen-bond donors (Lipinski definition) is 1. The van der Waals surface area contributed by atoms with Crippen LogP contribution in [0.25, 0.3) is 0 Å². The molecule has 1 aromatic rings. The highest BCUT2D eigenvalue weighted by Crippen LogP contribution is 2.20. The molecule has 16 heavy (non-hydrogen) atoms. The average molecular weight is 226 g/mol. The largest absolute Gasteiger partial charge is 0.496 e. The van der Waals surface area contributed by atoms with Gasteiger partial charge in [0.1, 0.15) is 11.6 Å². The maximum Gasteiger partial charge on any atom is 0.131 e. The summed E-state index contributed by atoms with van der Waals surface area (Å²) in [6, 6.07) is 4.87. The van der Waals surface area contributed by atoms with Crippen LogP contribution < -0.4 is 10.1 Å². The molecule has 0 saturated carbocycles. The lowest BCUT2D eigenvalue weighted by molar-refractivity contribution is 0.388. The van der Waals surface area contributed by atoms with Crippen LogP contribution in [0.4, 0.5) is 4.39 Å². The SMILES string of the molecule is COc1cccc(F)c1CNCCN(C)C. The lowest BCUT2D eigenvalue weighted by atomic mass is 10.2. The minimum absolute atomic E-state index is 0.225. The number of likely N-dealkylation sites (N-methyl/N-ethyl adjacent to an activating group) is 1. The van der Waals surface area contributed by atoms with Crippen molar-refractivity contribution in [1.82, 2.24) is 10.2 Å². The van der Waals surface area contributed by atoms with E-state index in [1.54, 1.807) is 19.2 Å². The Labute approximate surface area is 96.2 Å². The minimum atomic E-state index is -0.225. The molecule has 3 nitrogen and oxygen atoms in total. The van der Waals surface area contributed by atoms with Crippen LogP contribution in [-0.4, -0.2) is 39.2 Å². The normalized spacial score (nSPS) is 10.8. The maximum atomic E-state index is 13.5. The van der Waals surface area contributed by atoms with Gasteiger partial charge in [-0.1, -0.05) is 6.07 Å². The van der Waals surface area contributed by atoms with Crippen molar-refractivity contribution in [2.45, 2.75) is 6.54 Å². The third-order valence-electron chi connectivity index (χ3n) is 2.33. The molecule has 0 spiro atoms. The first-order valence-corrected chi connectivity index (χ1v) is 5.32. The molecule has 90 valence electrons. The van der Waals surface area contributed by atoms with Crippen molar-refractivity contribution < 1.29 is 9.13 Å². The van der Waals surface area contributed by atoms with Gasteiger partial charge < -0.3 is 15.0 Å². The molecule has 0 unspecified atom stereocenters. The Kier molecular flexibility index (Phi) is 5.22. The number of benzene rings is 1. The molecule has 0 bridgehead atoms. The summed E-state index contributed by atoms with van der Waals surface area (Å²) in [7, 11) is 5.56. The molecule has 0 fully saturated rings. The molecular weight excluding hydrogens is 207 g/mol. The van der Waals surface area contributed by atoms with E-state index in [1.807, 2.05) is 14.1 Å². The average Bonchev–Trinajstić information content (AvgIpc) is 2.25. The third kappa shape index (κ3) is 3.79. The van der Waals surface area contributed by atoms with Gasteiger partial charge in [0.25, 0.3) is 0 Å². The van der Waals surface area contributed by atoms with Gasteiger partial charge in [-0.2, -0.15) is 0 Å². The van der Waals surface area contributed by atoms with E-state index in [2.05, 4.69) is 10.2 Å². The van der Waals surface area contributed by atoms with Crippen molar-refractivity contribution in [3.8, 4) is 5.75 Å². The van der Waals surface area contributed by atoms with Crippen LogP contribution in [-0.2, 0) is 6.54 Å². The molecule has 0 aliphatic heterocycles. The van der Waals surface area contributed by atoms with Crippen LogP contribution in [0.1, 0.15) is 5.56 Å². The van der Waals surface area contributed by atoms with E-state index in [9.17, 15) is 4.39 Å². The summed E-state index contributed by atoms with van der Waals surface area (Å²) in [5.74, 6) is 0.369. The zero-order chi connectivity index (χ0) is 12.0. The summed E-state index contributed by atoms with van der Waals surface area (Å²) in [6.07, 6.45) is 0. The monoisotopic (exact) mass is 226 g/mol. The molecule has 1 N–H and O–H groups in total. The zero-order valence-electron chi connectivity index (χ0n) is 10.1. The van der Waals surface area contributed by atoms with Gasteiger partial charge in [-0.25, -0.2) is 4.39 Å².